The number of rotatable bonds is 0. The number of cyclic esters (lactones) is 4. The molecule has 0 spiro atoms. The highest BCUT2D eigenvalue weighted by Gasteiger charge is 2.59. The van der Waals surface area contributed by atoms with Crippen molar-refractivity contribution in [1.29, 1.82) is 0 Å². The second-order valence-electron chi connectivity index (χ2n) is 17.6. The Morgan fingerprint density at radius 3 is 1.24 bits per heavy atom. The van der Waals surface area contributed by atoms with E-state index in [1.807, 2.05) is 13.8 Å². The average Bonchev–Trinajstić information content (AvgIpc) is 4.10. The standard InChI is InChI=1S/C23H36O10.C19H28O11/c1-23(2)32-21-15-13-28-19(30-15)9-7-17(24)26-11-5-3-4-6-12-27-18(25)8-10-20-29-14-16(31-20)22(21)33-23;1-17(2)29-13-11-9-25-18(3,27-11)15(20)23-7-5-22-6-8-24-16(21)19(4)26-10-12(28-19)14(13)30-17/h15-16,19-22H,3-14H2,1-2H3;11-14H,5-10H2,1-4H3. The summed E-state index contributed by atoms with van der Waals surface area (Å²) >= 11 is 0. The van der Waals surface area contributed by atoms with Crippen LogP contribution in [0, 0.1) is 0 Å². The highest BCUT2D eigenvalue weighted by Crippen LogP contribution is 2.41. The van der Waals surface area contributed by atoms with Gasteiger partial charge in [0.2, 0.25) is 0 Å². The molecule has 8 bridgehead atoms. The topological polar surface area (TPSA) is 225 Å². The fraction of sp³-hybridized carbons (Fsp3) is 0.905. The summed E-state index contributed by atoms with van der Waals surface area (Å²) in [5.41, 5.74) is 0. The van der Waals surface area contributed by atoms with Crippen LogP contribution in [0.15, 0.2) is 0 Å². The van der Waals surface area contributed by atoms with Gasteiger partial charge in [0.1, 0.15) is 62.0 Å². The maximum absolute atomic E-state index is 12.5. The molecule has 21 nitrogen and oxygen atoms in total. The average molecular weight is 905 g/mol. The molecule has 12 atom stereocenters. The molecule has 8 rings (SSSR count). The van der Waals surface area contributed by atoms with Crippen LogP contribution in [0.5, 0.6) is 0 Å². The fourth-order valence-electron chi connectivity index (χ4n) is 8.41. The zero-order valence-corrected chi connectivity index (χ0v) is 37.1. The van der Waals surface area contributed by atoms with Crippen molar-refractivity contribution in [3.8, 4) is 0 Å². The van der Waals surface area contributed by atoms with Crippen molar-refractivity contribution in [2.24, 2.45) is 0 Å². The quantitative estimate of drug-likeness (QED) is 0.251. The summed E-state index contributed by atoms with van der Waals surface area (Å²) in [6.07, 6.45) is -0.313. The van der Waals surface area contributed by atoms with Gasteiger partial charge in [-0.2, -0.15) is 0 Å². The molecule has 0 aliphatic carbocycles. The maximum atomic E-state index is 12.5. The predicted octanol–water partition coefficient (Wildman–Crippen LogP) is 2.10. The van der Waals surface area contributed by atoms with Crippen molar-refractivity contribution in [1.82, 2.24) is 0 Å². The SMILES string of the molecule is CC1(C)OC2C3COC(C)(O3)C(=O)OCCOCCOC(=O)C3(C)OCC(O3)C2O1.CC1(C)OC2C3COC(CCC(=O)OCCCCCCOC(=O)CCC4OCC(O4)C2O1)O3. The van der Waals surface area contributed by atoms with E-state index >= 15 is 0 Å². The third kappa shape index (κ3) is 12.6. The summed E-state index contributed by atoms with van der Waals surface area (Å²) < 4.78 is 97.4. The second kappa shape index (κ2) is 20.9. The first-order chi connectivity index (χ1) is 30.0. The molecule has 0 radical (unpaired) electrons. The van der Waals surface area contributed by atoms with Gasteiger partial charge in [-0.05, 0) is 53.4 Å². The predicted molar refractivity (Wildman–Crippen MR) is 207 cm³/mol. The first kappa shape index (κ1) is 48.3. The van der Waals surface area contributed by atoms with Gasteiger partial charge < -0.3 is 80.5 Å². The van der Waals surface area contributed by atoms with Crippen LogP contribution in [-0.2, 0) is 99.7 Å². The monoisotopic (exact) mass is 904 g/mol. The van der Waals surface area contributed by atoms with Crippen LogP contribution in [-0.4, -0.2) is 175 Å². The molecule has 0 N–H and O–H groups in total. The highest BCUT2D eigenvalue weighted by molar-refractivity contribution is 5.78. The molecule has 8 fully saturated rings. The summed E-state index contributed by atoms with van der Waals surface area (Å²) in [7, 11) is 0. The number of hydrogen-bond acceptors (Lipinski definition) is 21. The Labute approximate surface area is 366 Å². The van der Waals surface area contributed by atoms with Gasteiger partial charge in [0, 0.05) is 26.7 Å². The lowest BCUT2D eigenvalue weighted by Gasteiger charge is -2.27. The van der Waals surface area contributed by atoms with Gasteiger partial charge in [0.25, 0.3) is 11.6 Å². The van der Waals surface area contributed by atoms with Crippen LogP contribution in [0.1, 0.15) is 92.9 Å². The Hall–Kier alpha value is -2.64. The molecule has 63 heavy (non-hydrogen) atoms. The Bertz CT molecular complexity index is 1470. The molecule has 0 saturated carbocycles. The number of ether oxygens (including phenoxy) is 17. The van der Waals surface area contributed by atoms with E-state index in [-0.39, 0.29) is 76.6 Å². The first-order valence-electron chi connectivity index (χ1n) is 22.1. The van der Waals surface area contributed by atoms with Crippen molar-refractivity contribution in [3.63, 3.8) is 0 Å². The number of hydrogen-bond donors (Lipinski definition) is 0. The van der Waals surface area contributed by atoms with Crippen LogP contribution in [0.3, 0.4) is 0 Å². The van der Waals surface area contributed by atoms with Gasteiger partial charge in [0.05, 0.1) is 65.7 Å². The molecule has 21 heteroatoms. The van der Waals surface area contributed by atoms with E-state index in [9.17, 15) is 19.2 Å². The Morgan fingerprint density at radius 1 is 0.429 bits per heavy atom. The Balaban J connectivity index is 0.000000190. The minimum atomic E-state index is -1.57. The van der Waals surface area contributed by atoms with Gasteiger partial charge in [-0.3, -0.25) is 9.59 Å². The molecular weight excluding hydrogens is 840 g/mol. The molecule has 0 aromatic rings. The zero-order chi connectivity index (χ0) is 44.8. The van der Waals surface area contributed by atoms with Gasteiger partial charge in [-0.15, -0.1) is 0 Å². The number of carbonyl (C=O) groups excluding carboxylic acids is 4. The van der Waals surface area contributed by atoms with Gasteiger partial charge in [-0.1, -0.05) is 0 Å². The van der Waals surface area contributed by atoms with E-state index in [0.29, 0.717) is 39.3 Å². The lowest BCUT2D eigenvalue weighted by Crippen LogP contribution is -2.47. The summed E-state index contributed by atoms with van der Waals surface area (Å²) in [6, 6.07) is 0. The van der Waals surface area contributed by atoms with Gasteiger partial charge >= 0.3 is 23.9 Å². The third-order valence-electron chi connectivity index (χ3n) is 11.5. The molecule has 358 valence electrons. The summed E-state index contributed by atoms with van der Waals surface area (Å²) in [4.78, 5) is 49.0. The van der Waals surface area contributed by atoms with Crippen molar-refractivity contribution in [3.05, 3.63) is 0 Å². The largest absolute Gasteiger partial charge is 0.466 e. The molecule has 8 heterocycles. The normalized spacial score (nSPS) is 41.8. The summed E-state index contributed by atoms with van der Waals surface area (Å²) in [5.74, 6) is -6.72. The minimum Gasteiger partial charge on any atom is -0.466 e. The maximum Gasteiger partial charge on any atom is 0.366 e. The van der Waals surface area contributed by atoms with Crippen LogP contribution in [0.2, 0.25) is 0 Å². The van der Waals surface area contributed by atoms with Crippen LogP contribution in [0.25, 0.3) is 0 Å². The van der Waals surface area contributed by atoms with E-state index in [0.717, 1.165) is 25.7 Å². The third-order valence-corrected chi connectivity index (χ3v) is 11.5. The zero-order valence-electron chi connectivity index (χ0n) is 37.1. The van der Waals surface area contributed by atoms with Crippen LogP contribution >= 0.6 is 0 Å². The van der Waals surface area contributed by atoms with Crippen LogP contribution < -0.4 is 0 Å². The molecule has 12 unspecified atom stereocenters. The molecule has 8 saturated heterocycles. The molecule has 8 aliphatic rings. The van der Waals surface area contributed by atoms with E-state index in [4.69, 9.17) is 80.5 Å². The fourth-order valence-corrected chi connectivity index (χ4v) is 8.41. The number of fused-ring (bicyclic) bond motifs is 14. The lowest BCUT2D eigenvalue weighted by molar-refractivity contribution is -0.213. The van der Waals surface area contributed by atoms with Crippen LogP contribution in [0.4, 0.5) is 0 Å². The molecule has 8 aliphatic heterocycles. The van der Waals surface area contributed by atoms with Crippen molar-refractivity contribution >= 4 is 23.9 Å². The summed E-state index contributed by atoms with van der Waals surface area (Å²) in [6.45, 7) is 12.1. The van der Waals surface area contributed by atoms with Crippen molar-refractivity contribution in [2.45, 2.75) is 177 Å². The van der Waals surface area contributed by atoms with Crippen molar-refractivity contribution in [2.75, 3.05) is 66.1 Å². The van der Waals surface area contributed by atoms with Gasteiger partial charge in [-0.25, -0.2) is 9.59 Å². The number of carbonyl (C=O) groups is 4. The number of esters is 4. The Morgan fingerprint density at radius 2 is 0.825 bits per heavy atom. The molecule has 0 amide bonds. The van der Waals surface area contributed by atoms with E-state index in [2.05, 4.69) is 0 Å². The second-order valence-corrected chi connectivity index (χ2v) is 17.6. The lowest BCUT2D eigenvalue weighted by atomic mass is 10.0. The summed E-state index contributed by atoms with van der Waals surface area (Å²) in [5, 5.41) is 0. The highest BCUT2D eigenvalue weighted by atomic mass is 16.8. The molecule has 0 aromatic heterocycles. The van der Waals surface area contributed by atoms with Crippen molar-refractivity contribution < 1.29 is 99.7 Å². The van der Waals surface area contributed by atoms with Gasteiger partial charge in [0.15, 0.2) is 24.2 Å². The smallest absolute Gasteiger partial charge is 0.366 e. The minimum absolute atomic E-state index is 0.00443. The Kier molecular flexibility index (Phi) is 16.0. The van der Waals surface area contributed by atoms with E-state index < -0.39 is 84.3 Å². The molecular formula is C42H64O21. The van der Waals surface area contributed by atoms with E-state index in [1.165, 1.54) is 13.8 Å². The first-order valence-corrected chi connectivity index (χ1v) is 22.1. The van der Waals surface area contributed by atoms with E-state index in [1.54, 1.807) is 13.8 Å². The molecule has 0 aromatic carbocycles.